The van der Waals surface area contributed by atoms with Gasteiger partial charge in [0, 0.05) is 17.3 Å². The molecule has 0 aliphatic rings. The van der Waals surface area contributed by atoms with E-state index in [9.17, 15) is 9.59 Å². The first kappa shape index (κ1) is 19.2. The number of nitrogens with one attached hydrogen (secondary N) is 1. The minimum atomic E-state index is -0.733. The first-order valence-electron chi connectivity index (χ1n) is 8.54. The molecule has 25 heavy (non-hydrogen) atoms. The normalized spacial score (nSPS) is 13.8. The number of rotatable bonds is 8. The second kappa shape index (κ2) is 8.34. The molecule has 0 aliphatic carbocycles. The van der Waals surface area contributed by atoms with Crippen molar-refractivity contribution in [2.24, 2.45) is 11.7 Å². The molecule has 2 aromatic rings. The second-order valence-corrected chi connectivity index (χ2v) is 7.10. The lowest BCUT2D eigenvalue weighted by atomic mass is 10.0. The fourth-order valence-corrected chi connectivity index (χ4v) is 2.81. The van der Waals surface area contributed by atoms with Crippen LogP contribution in [0, 0.1) is 5.92 Å². The average Bonchev–Trinajstić information content (AvgIpc) is 2.95. The van der Waals surface area contributed by atoms with Crippen molar-refractivity contribution in [2.45, 2.75) is 51.6 Å². The third-order valence-corrected chi connectivity index (χ3v) is 4.76. The van der Waals surface area contributed by atoms with Crippen LogP contribution in [-0.4, -0.2) is 33.0 Å². The lowest BCUT2D eigenvalue weighted by Crippen LogP contribution is -2.47. The number of nitrogens with zero attached hydrogens (tertiary/aromatic N) is 2. The van der Waals surface area contributed by atoms with Crippen LogP contribution in [0.4, 0.5) is 0 Å². The third-order valence-electron chi connectivity index (χ3n) is 4.23. The van der Waals surface area contributed by atoms with Gasteiger partial charge in [-0.3, -0.25) is 14.3 Å². The zero-order valence-electron chi connectivity index (χ0n) is 14.8. The van der Waals surface area contributed by atoms with Gasteiger partial charge in [-0.2, -0.15) is 5.10 Å². The number of nitrogens with two attached hydrogens (primary N) is 1. The van der Waals surface area contributed by atoms with Crippen LogP contribution in [0.3, 0.4) is 0 Å². The van der Waals surface area contributed by atoms with Gasteiger partial charge in [-0.25, -0.2) is 0 Å². The molecule has 0 spiro atoms. The molecule has 0 saturated carbocycles. The summed E-state index contributed by atoms with van der Waals surface area (Å²) in [6, 6.07) is 6.79. The van der Waals surface area contributed by atoms with Gasteiger partial charge < -0.3 is 11.1 Å². The Labute approximate surface area is 152 Å². The number of carbonyl (C=O) groups excluding carboxylic acids is 2. The molecule has 1 aromatic heterocycles. The number of alkyl halides is 1. The summed E-state index contributed by atoms with van der Waals surface area (Å²) >= 11 is 6.20. The Morgan fingerprint density at radius 1 is 1.32 bits per heavy atom. The highest BCUT2D eigenvalue weighted by atomic mass is 35.5. The number of hydrogen-bond acceptors (Lipinski definition) is 3. The smallest absolute Gasteiger partial charge is 0.273 e. The van der Waals surface area contributed by atoms with Crippen LogP contribution in [-0.2, 0) is 11.3 Å². The number of aromatic nitrogens is 2. The Morgan fingerprint density at radius 2 is 2.00 bits per heavy atom. The van der Waals surface area contributed by atoms with Gasteiger partial charge in [0.15, 0.2) is 5.69 Å². The van der Waals surface area contributed by atoms with Gasteiger partial charge in [-0.1, -0.05) is 39.0 Å². The molecule has 2 amide bonds. The molecule has 0 aliphatic heterocycles. The van der Waals surface area contributed by atoms with E-state index in [1.54, 1.807) is 4.68 Å². The Balaban J connectivity index is 2.31. The molecule has 0 radical (unpaired) electrons. The number of aryl methyl sites for hydroxylation is 1. The standard InChI is InChI=1S/C18H25ClN4O2/c1-4-12(19)9-10-23-14-8-6-5-7-13(14)16(22-23)18(25)21-15(11(2)3)17(20)24/h5-8,11-12,15H,4,9-10H2,1-3H3,(H2,20,24)(H,21,25). The summed E-state index contributed by atoms with van der Waals surface area (Å²) < 4.78 is 1.80. The SMILES string of the molecule is CCC(Cl)CCn1nc(C(=O)NC(C(N)=O)C(C)C)c2ccccc21. The van der Waals surface area contributed by atoms with Crippen LogP contribution in [0.5, 0.6) is 0 Å². The number of fused-ring (bicyclic) bond motifs is 1. The fourth-order valence-electron chi connectivity index (χ4n) is 2.71. The number of carbonyl (C=O) groups is 2. The van der Waals surface area contributed by atoms with E-state index in [0.717, 1.165) is 23.7 Å². The maximum Gasteiger partial charge on any atom is 0.273 e. The number of halogens is 1. The molecule has 0 bridgehead atoms. The predicted molar refractivity (Wildman–Crippen MR) is 99.6 cm³/mol. The van der Waals surface area contributed by atoms with E-state index in [1.165, 1.54) is 0 Å². The molecular formula is C18H25ClN4O2. The van der Waals surface area contributed by atoms with Crippen molar-refractivity contribution < 1.29 is 9.59 Å². The van der Waals surface area contributed by atoms with Crippen LogP contribution < -0.4 is 11.1 Å². The van der Waals surface area contributed by atoms with Crippen LogP contribution in [0.25, 0.3) is 10.9 Å². The number of benzene rings is 1. The zero-order chi connectivity index (χ0) is 18.6. The maximum atomic E-state index is 12.7. The molecule has 2 atom stereocenters. The molecule has 3 N–H and O–H groups in total. The Kier molecular flexibility index (Phi) is 6.42. The van der Waals surface area contributed by atoms with E-state index in [1.807, 2.05) is 45.0 Å². The number of amides is 2. The van der Waals surface area contributed by atoms with Crippen molar-refractivity contribution in [1.82, 2.24) is 15.1 Å². The van der Waals surface area contributed by atoms with E-state index < -0.39 is 17.9 Å². The lowest BCUT2D eigenvalue weighted by molar-refractivity contribution is -0.120. The monoisotopic (exact) mass is 364 g/mol. The van der Waals surface area contributed by atoms with E-state index >= 15 is 0 Å². The van der Waals surface area contributed by atoms with E-state index in [4.69, 9.17) is 17.3 Å². The number of para-hydroxylation sites is 1. The molecule has 0 saturated heterocycles. The van der Waals surface area contributed by atoms with Crippen LogP contribution in [0.15, 0.2) is 24.3 Å². The van der Waals surface area contributed by atoms with Crippen molar-refractivity contribution >= 4 is 34.3 Å². The molecule has 136 valence electrons. The third kappa shape index (κ3) is 4.51. The summed E-state index contributed by atoms with van der Waals surface area (Å²) in [5, 5.41) is 7.97. The molecule has 1 aromatic carbocycles. The highest BCUT2D eigenvalue weighted by Gasteiger charge is 2.25. The maximum absolute atomic E-state index is 12.7. The minimum Gasteiger partial charge on any atom is -0.368 e. The van der Waals surface area contributed by atoms with Gasteiger partial charge in [-0.15, -0.1) is 11.6 Å². The van der Waals surface area contributed by atoms with Gasteiger partial charge in [0.25, 0.3) is 5.91 Å². The van der Waals surface area contributed by atoms with Crippen LogP contribution >= 0.6 is 11.6 Å². The van der Waals surface area contributed by atoms with Crippen molar-refractivity contribution in [1.29, 1.82) is 0 Å². The Morgan fingerprint density at radius 3 is 2.60 bits per heavy atom. The molecule has 7 heteroatoms. The van der Waals surface area contributed by atoms with Crippen LogP contribution in [0.1, 0.15) is 44.1 Å². The summed E-state index contributed by atoms with van der Waals surface area (Å²) in [7, 11) is 0. The molecular weight excluding hydrogens is 340 g/mol. The fraction of sp³-hybridized carbons (Fsp3) is 0.500. The number of primary amides is 1. The first-order chi connectivity index (χ1) is 11.8. The second-order valence-electron chi connectivity index (χ2n) is 6.48. The Bertz CT molecular complexity index is 757. The topological polar surface area (TPSA) is 90.0 Å². The molecule has 1 heterocycles. The summed E-state index contributed by atoms with van der Waals surface area (Å²) in [5.41, 5.74) is 6.55. The van der Waals surface area contributed by atoms with Gasteiger partial charge in [0.1, 0.15) is 6.04 Å². The molecule has 2 unspecified atom stereocenters. The predicted octanol–water partition coefficient (Wildman–Crippen LogP) is 2.68. The van der Waals surface area contributed by atoms with Gasteiger partial charge in [0.2, 0.25) is 5.91 Å². The summed E-state index contributed by atoms with van der Waals surface area (Å²) in [5.74, 6) is -1.05. The van der Waals surface area contributed by atoms with Crippen LogP contribution in [0.2, 0.25) is 0 Å². The van der Waals surface area contributed by atoms with Crippen molar-refractivity contribution in [3.05, 3.63) is 30.0 Å². The van der Waals surface area contributed by atoms with Gasteiger partial charge in [-0.05, 0) is 24.8 Å². The minimum absolute atomic E-state index is 0.0698. The average molecular weight is 365 g/mol. The molecule has 0 fully saturated rings. The summed E-state index contributed by atoms with van der Waals surface area (Å²) in [4.78, 5) is 24.2. The summed E-state index contributed by atoms with van der Waals surface area (Å²) in [6.45, 7) is 6.32. The van der Waals surface area contributed by atoms with Crippen molar-refractivity contribution in [3.63, 3.8) is 0 Å². The molecule has 2 rings (SSSR count). The van der Waals surface area contributed by atoms with Crippen molar-refractivity contribution in [2.75, 3.05) is 0 Å². The molecule has 6 nitrogen and oxygen atoms in total. The number of hydrogen-bond donors (Lipinski definition) is 2. The first-order valence-corrected chi connectivity index (χ1v) is 8.98. The van der Waals surface area contributed by atoms with E-state index in [-0.39, 0.29) is 11.3 Å². The summed E-state index contributed by atoms with van der Waals surface area (Å²) in [6.07, 6.45) is 1.64. The van der Waals surface area contributed by atoms with Gasteiger partial charge in [0.05, 0.1) is 5.52 Å². The van der Waals surface area contributed by atoms with E-state index in [0.29, 0.717) is 12.2 Å². The lowest BCUT2D eigenvalue weighted by Gasteiger charge is -2.18. The van der Waals surface area contributed by atoms with Gasteiger partial charge >= 0.3 is 0 Å². The highest BCUT2D eigenvalue weighted by Crippen LogP contribution is 2.20. The zero-order valence-corrected chi connectivity index (χ0v) is 15.6. The Hall–Kier alpha value is -2.08. The van der Waals surface area contributed by atoms with E-state index in [2.05, 4.69) is 10.4 Å². The quantitative estimate of drug-likeness (QED) is 0.705. The largest absolute Gasteiger partial charge is 0.368 e. The highest BCUT2D eigenvalue weighted by molar-refractivity contribution is 6.20. The van der Waals surface area contributed by atoms with Crippen molar-refractivity contribution in [3.8, 4) is 0 Å².